The second-order valence-electron chi connectivity index (χ2n) is 13.3. The highest BCUT2D eigenvalue weighted by Gasteiger charge is 2.17. The van der Waals surface area contributed by atoms with Crippen molar-refractivity contribution in [3.8, 4) is 0 Å². The van der Waals surface area contributed by atoms with Crippen LogP contribution in [0.5, 0.6) is 0 Å². The minimum absolute atomic E-state index is 0.0873. The number of hydrogen-bond acceptors (Lipinski definition) is 3. The van der Waals surface area contributed by atoms with Crippen LogP contribution in [-0.4, -0.2) is 34.9 Å². The predicted octanol–water partition coefficient (Wildman–Crippen LogP) is 12.2. The molecule has 2 unspecified atom stereocenters. The van der Waals surface area contributed by atoms with E-state index >= 15 is 0 Å². The maximum Gasteiger partial charge on any atom is 0.220 e. The molecule has 0 aromatic heterocycles. The summed E-state index contributed by atoms with van der Waals surface area (Å²) in [6.07, 6.45) is 53.3. The van der Waals surface area contributed by atoms with Crippen molar-refractivity contribution in [1.82, 2.24) is 5.32 Å². The quantitative estimate of drug-likeness (QED) is 0.0470. The molecule has 0 rings (SSSR count). The van der Waals surface area contributed by atoms with E-state index in [4.69, 9.17) is 0 Å². The first-order chi connectivity index (χ1) is 23.2. The zero-order valence-corrected chi connectivity index (χ0v) is 31.0. The van der Waals surface area contributed by atoms with E-state index in [0.29, 0.717) is 6.42 Å². The molecule has 4 nitrogen and oxygen atoms in total. The highest BCUT2D eigenvalue weighted by molar-refractivity contribution is 5.76. The van der Waals surface area contributed by atoms with Crippen LogP contribution in [0, 0.1) is 0 Å². The fourth-order valence-corrected chi connectivity index (χ4v) is 5.66. The summed E-state index contributed by atoms with van der Waals surface area (Å²) in [7, 11) is 0. The summed E-state index contributed by atoms with van der Waals surface area (Å²) in [6, 6.07) is -0.647. The Kier molecular flexibility index (Phi) is 37.0. The Morgan fingerprint density at radius 3 is 1.45 bits per heavy atom. The van der Waals surface area contributed by atoms with Crippen LogP contribution in [0.3, 0.4) is 0 Å². The van der Waals surface area contributed by atoms with Gasteiger partial charge in [-0.15, -0.1) is 0 Å². The van der Waals surface area contributed by atoms with Gasteiger partial charge in [-0.3, -0.25) is 4.79 Å². The number of allylic oxidation sites excluding steroid dienone is 9. The van der Waals surface area contributed by atoms with E-state index in [2.05, 4.69) is 67.8 Å². The third-order valence-electron chi connectivity index (χ3n) is 8.71. The Labute approximate surface area is 292 Å². The lowest BCUT2D eigenvalue weighted by molar-refractivity contribution is -0.123. The van der Waals surface area contributed by atoms with Gasteiger partial charge in [0.1, 0.15) is 0 Å². The fraction of sp³-hybridized carbons (Fsp3) is 0.744. The average molecular weight is 656 g/mol. The van der Waals surface area contributed by atoms with Crippen LogP contribution in [0.4, 0.5) is 0 Å². The van der Waals surface area contributed by atoms with Crippen LogP contribution in [-0.2, 0) is 4.79 Å². The van der Waals surface area contributed by atoms with Crippen LogP contribution in [0.2, 0.25) is 0 Å². The van der Waals surface area contributed by atoms with Gasteiger partial charge in [0.2, 0.25) is 5.91 Å². The van der Waals surface area contributed by atoms with Gasteiger partial charge in [0, 0.05) is 6.42 Å². The minimum Gasteiger partial charge on any atom is -0.394 e. The van der Waals surface area contributed by atoms with E-state index in [1.54, 1.807) is 6.08 Å². The number of carbonyl (C=O) groups excluding carboxylic acids is 1. The smallest absolute Gasteiger partial charge is 0.220 e. The average Bonchev–Trinajstić information content (AvgIpc) is 3.07. The second-order valence-corrected chi connectivity index (χ2v) is 13.3. The molecule has 0 heterocycles. The van der Waals surface area contributed by atoms with Gasteiger partial charge in [-0.25, -0.2) is 0 Å². The predicted molar refractivity (Wildman–Crippen MR) is 207 cm³/mol. The summed E-state index contributed by atoms with van der Waals surface area (Å²) in [4.78, 5) is 12.3. The lowest BCUT2D eigenvalue weighted by atomic mass is 10.1. The first-order valence-electron chi connectivity index (χ1n) is 20.0. The molecule has 0 radical (unpaired) electrons. The molecular weight excluding hydrogens is 578 g/mol. The van der Waals surface area contributed by atoms with Crippen LogP contribution < -0.4 is 5.32 Å². The third kappa shape index (κ3) is 35.2. The number of rotatable bonds is 35. The first-order valence-corrected chi connectivity index (χ1v) is 20.0. The molecule has 1 amide bonds. The number of unbranched alkanes of at least 4 members (excludes halogenated alkanes) is 20. The molecule has 0 spiro atoms. The van der Waals surface area contributed by atoms with Crippen LogP contribution in [0.1, 0.15) is 187 Å². The van der Waals surface area contributed by atoms with E-state index in [9.17, 15) is 15.0 Å². The number of carbonyl (C=O) groups is 1. The molecule has 3 N–H and O–H groups in total. The van der Waals surface area contributed by atoms with Gasteiger partial charge in [-0.05, 0) is 70.6 Å². The molecule has 0 aromatic carbocycles. The summed E-state index contributed by atoms with van der Waals surface area (Å²) in [6.45, 7) is 4.16. The molecule has 0 saturated heterocycles. The summed E-state index contributed by atoms with van der Waals surface area (Å²) in [5.74, 6) is -0.0873. The molecule has 0 aliphatic carbocycles. The van der Waals surface area contributed by atoms with Crippen molar-refractivity contribution in [2.75, 3.05) is 6.61 Å². The number of aliphatic hydroxyl groups is 2. The molecular formula is C43H77NO3. The standard InChI is InChI=1S/C43H77NO3/c1-3-5-7-9-11-13-15-16-17-18-19-20-21-22-23-24-25-26-27-28-29-31-33-35-37-39-43(47)44-41(40-45)42(46)38-36-34-32-30-14-12-10-8-6-4-2/h6,8,14,19-20,22-23,30,36,38,41-42,45-46H,3-5,7,9-13,15-18,21,24-29,31-35,37,39-40H2,1-2H3,(H,44,47)/b8-6+,20-19-,23-22-,30-14+,38-36+. The normalized spacial score (nSPS) is 13.7. The van der Waals surface area contributed by atoms with Crippen molar-refractivity contribution >= 4 is 5.91 Å². The van der Waals surface area contributed by atoms with Gasteiger partial charge >= 0.3 is 0 Å². The van der Waals surface area contributed by atoms with Crippen LogP contribution >= 0.6 is 0 Å². The number of hydrogen-bond donors (Lipinski definition) is 3. The first kappa shape index (κ1) is 45.1. The molecule has 0 aliphatic rings. The topological polar surface area (TPSA) is 69.6 Å². The molecule has 4 heteroatoms. The molecule has 0 aliphatic heterocycles. The summed E-state index contributed by atoms with van der Waals surface area (Å²) < 4.78 is 0. The lowest BCUT2D eigenvalue weighted by Gasteiger charge is -2.19. The zero-order valence-electron chi connectivity index (χ0n) is 31.0. The van der Waals surface area contributed by atoms with Gasteiger partial charge < -0.3 is 15.5 Å². The van der Waals surface area contributed by atoms with Crippen molar-refractivity contribution in [1.29, 1.82) is 0 Å². The van der Waals surface area contributed by atoms with Crippen molar-refractivity contribution in [2.24, 2.45) is 0 Å². The number of aliphatic hydroxyl groups excluding tert-OH is 2. The van der Waals surface area contributed by atoms with Gasteiger partial charge in [0.05, 0.1) is 18.8 Å². The Balaban J connectivity index is 3.58. The van der Waals surface area contributed by atoms with Crippen LogP contribution in [0.25, 0.3) is 0 Å². The Hall–Kier alpha value is -1.91. The van der Waals surface area contributed by atoms with E-state index in [1.165, 1.54) is 116 Å². The number of nitrogens with one attached hydrogen (secondary N) is 1. The van der Waals surface area contributed by atoms with Gasteiger partial charge in [-0.1, -0.05) is 171 Å². The molecule has 0 saturated carbocycles. The van der Waals surface area contributed by atoms with Gasteiger partial charge in [0.15, 0.2) is 0 Å². The second kappa shape index (κ2) is 38.5. The molecule has 0 aromatic rings. The summed E-state index contributed by atoms with van der Waals surface area (Å²) >= 11 is 0. The van der Waals surface area contributed by atoms with Crippen LogP contribution in [0.15, 0.2) is 60.8 Å². The third-order valence-corrected chi connectivity index (χ3v) is 8.71. The van der Waals surface area contributed by atoms with E-state index in [-0.39, 0.29) is 12.5 Å². The van der Waals surface area contributed by atoms with Crippen molar-refractivity contribution < 1.29 is 15.0 Å². The van der Waals surface area contributed by atoms with Gasteiger partial charge in [0.25, 0.3) is 0 Å². The lowest BCUT2D eigenvalue weighted by Crippen LogP contribution is -2.45. The monoisotopic (exact) mass is 656 g/mol. The van der Waals surface area contributed by atoms with Crippen molar-refractivity contribution in [3.05, 3.63) is 60.8 Å². The molecule has 272 valence electrons. The summed E-state index contributed by atoms with van der Waals surface area (Å²) in [5.41, 5.74) is 0. The highest BCUT2D eigenvalue weighted by Crippen LogP contribution is 2.13. The van der Waals surface area contributed by atoms with Gasteiger partial charge in [-0.2, -0.15) is 0 Å². The zero-order chi connectivity index (χ0) is 34.3. The largest absolute Gasteiger partial charge is 0.394 e. The maximum absolute atomic E-state index is 12.3. The Morgan fingerprint density at radius 1 is 0.532 bits per heavy atom. The Morgan fingerprint density at radius 2 is 0.957 bits per heavy atom. The summed E-state index contributed by atoms with van der Waals surface area (Å²) in [5, 5.41) is 22.8. The van der Waals surface area contributed by atoms with Crippen molar-refractivity contribution in [3.63, 3.8) is 0 Å². The highest BCUT2D eigenvalue weighted by atomic mass is 16.3. The Bertz CT molecular complexity index is 797. The van der Waals surface area contributed by atoms with Crippen molar-refractivity contribution in [2.45, 2.75) is 199 Å². The van der Waals surface area contributed by atoms with E-state index < -0.39 is 12.1 Å². The number of amides is 1. The molecule has 2 atom stereocenters. The minimum atomic E-state index is -0.871. The molecule has 47 heavy (non-hydrogen) atoms. The molecule has 0 bridgehead atoms. The fourth-order valence-electron chi connectivity index (χ4n) is 5.66. The SMILES string of the molecule is CC/C=C/CC/C=C/CC/C=C/C(O)C(CO)NC(=O)CCCCCCCCCCC/C=C\C/C=C\CCCCCCCCCCC. The van der Waals surface area contributed by atoms with E-state index in [1.807, 2.05) is 6.08 Å². The van der Waals surface area contributed by atoms with E-state index in [0.717, 1.165) is 51.4 Å². The molecule has 0 fully saturated rings. The maximum atomic E-state index is 12.3.